The number of unbranched alkanes of at least 4 members (excludes halogenated alkanes) is 2. The van der Waals surface area contributed by atoms with Crippen LogP contribution in [-0.4, -0.2) is 58.7 Å². The normalized spacial score (nSPS) is 21.6. The number of nitrogens with zero attached hydrogens (tertiary/aromatic N) is 2. The van der Waals surface area contributed by atoms with Crippen LogP contribution in [0.1, 0.15) is 52.4 Å². The van der Waals surface area contributed by atoms with Crippen molar-refractivity contribution in [2.24, 2.45) is 0 Å². The zero-order valence-electron chi connectivity index (χ0n) is 13.6. The third kappa shape index (κ3) is 4.19. The fourth-order valence-electron chi connectivity index (χ4n) is 2.73. The van der Waals surface area contributed by atoms with Gasteiger partial charge in [0.15, 0.2) is 0 Å². The Morgan fingerprint density at radius 1 is 1.32 bits per heavy atom. The molecular formula is C15H26N2O5. The van der Waals surface area contributed by atoms with Crippen LogP contribution >= 0.6 is 0 Å². The summed E-state index contributed by atoms with van der Waals surface area (Å²) in [4.78, 5) is 35.4. The largest absolute Gasteiger partial charge is 0.480 e. The van der Waals surface area contributed by atoms with Crippen molar-refractivity contribution >= 4 is 17.8 Å². The molecule has 1 heterocycles. The standard InChI is InChI=1S/C15H26N2O5/c1-4-5-6-9-16(12(18)11-13(19)22-3)17-10-7-8-15(17,2)14(20)21/h4-11H2,1-3H3,(H,20,21). The molecule has 0 saturated carbocycles. The predicted molar refractivity (Wildman–Crippen MR) is 79.9 cm³/mol. The zero-order valence-corrected chi connectivity index (χ0v) is 13.6. The second-order valence-corrected chi connectivity index (χ2v) is 5.78. The van der Waals surface area contributed by atoms with Crippen molar-refractivity contribution in [3.8, 4) is 0 Å². The molecule has 0 aromatic carbocycles. The lowest BCUT2D eigenvalue weighted by molar-refractivity contribution is -0.173. The number of aliphatic carboxylic acids is 1. The first-order chi connectivity index (χ1) is 10.4. The van der Waals surface area contributed by atoms with E-state index in [4.69, 9.17) is 0 Å². The fraction of sp³-hybridized carbons (Fsp3) is 0.800. The number of rotatable bonds is 8. The van der Waals surface area contributed by atoms with Crippen LogP contribution in [0.15, 0.2) is 0 Å². The molecule has 0 spiro atoms. The lowest BCUT2D eigenvalue weighted by Crippen LogP contribution is -2.58. The minimum absolute atomic E-state index is 0.366. The number of ether oxygens (including phenoxy) is 1. The van der Waals surface area contributed by atoms with Crippen molar-refractivity contribution in [3.05, 3.63) is 0 Å². The number of carbonyl (C=O) groups is 3. The van der Waals surface area contributed by atoms with Crippen molar-refractivity contribution in [1.82, 2.24) is 10.0 Å². The monoisotopic (exact) mass is 314 g/mol. The topological polar surface area (TPSA) is 87.2 Å². The number of esters is 1. The number of carboxylic acids is 1. The second kappa shape index (κ2) is 8.12. The Morgan fingerprint density at radius 3 is 2.55 bits per heavy atom. The molecule has 0 aromatic rings. The number of carbonyl (C=O) groups excluding carboxylic acids is 2. The maximum atomic E-state index is 12.4. The smallest absolute Gasteiger partial charge is 0.325 e. The lowest BCUT2D eigenvalue weighted by atomic mass is 10.0. The van der Waals surface area contributed by atoms with Crippen LogP contribution in [0.25, 0.3) is 0 Å². The summed E-state index contributed by atoms with van der Waals surface area (Å²) in [5.74, 6) is -1.96. The number of methoxy groups -OCH3 is 1. The van der Waals surface area contributed by atoms with E-state index in [1.807, 2.05) is 0 Å². The van der Waals surface area contributed by atoms with Crippen molar-refractivity contribution in [2.75, 3.05) is 20.2 Å². The maximum absolute atomic E-state index is 12.4. The third-order valence-corrected chi connectivity index (χ3v) is 4.14. The Morgan fingerprint density at radius 2 is 2.00 bits per heavy atom. The van der Waals surface area contributed by atoms with E-state index in [9.17, 15) is 19.5 Å². The van der Waals surface area contributed by atoms with Gasteiger partial charge in [0.25, 0.3) is 0 Å². The molecule has 0 bridgehead atoms. The summed E-state index contributed by atoms with van der Waals surface area (Å²) in [5.41, 5.74) is -1.10. The third-order valence-electron chi connectivity index (χ3n) is 4.14. The van der Waals surface area contributed by atoms with Crippen LogP contribution < -0.4 is 0 Å². The van der Waals surface area contributed by atoms with Crippen LogP contribution in [0.5, 0.6) is 0 Å². The van der Waals surface area contributed by atoms with E-state index < -0.39 is 23.4 Å². The summed E-state index contributed by atoms with van der Waals surface area (Å²) >= 11 is 0. The SMILES string of the molecule is CCCCCN(C(=O)CC(=O)OC)N1CCCC1(C)C(=O)O. The first kappa shape index (κ1) is 18.4. The molecule has 1 aliphatic heterocycles. The number of hydrazine groups is 1. The van der Waals surface area contributed by atoms with Crippen LogP contribution in [0, 0.1) is 0 Å². The summed E-state index contributed by atoms with van der Waals surface area (Å²) in [5, 5.41) is 12.5. The highest BCUT2D eigenvalue weighted by Crippen LogP contribution is 2.31. The van der Waals surface area contributed by atoms with Crippen LogP contribution in [0.3, 0.4) is 0 Å². The minimum Gasteiger partial charge on any atom is -0.480 e. The number of carboxylic acid groups (broad SMARTS) is 1. The van der Waals surface area contributed by atoms with Crippen LogP contribution in [0.4, 0.5) is 0 Å². The Balaban J connectivity index is 2.91. The molecule has 7 heteroatoms. The molecule has 126 valence electrons. The molecule has 0 aromatic heterocycles. The summed E-state index contributed by atoms with van der Waals surface area (Å²) in [6.07, 6.45) is 3.54. The van der Waals surface area contributed by atoms with Gasteiger partial charge in [-0.2, -0.15) is 0 Å². The van der Waals surface area contributed by atoms with Gasteiger partial charge >= 0.3 is 11.9 Å². The molecular weight excluding hydrogens is 288 g/mol. The van der Waals surface area contributed by atoms with Crippen LogP contribution in [0.2, 0.25) is 0 Å². The number of amides is 1. The average Bonchev–Trinajstić information content (AvgIpc) is 2.86. The molecule has 0 aliphatic carbocycles. The van der Waals surface area contributed by atoms with Crippen LogP contribution in [-0.2, 0) is 19.1 Å². The minimum atomic E-state index is -1.10. The van der Waals surface area contributed by atoms with Gasteiger partial charge in [0.1, 0.15) is 12.0 Å². The number of hydrogen-bond donors (Lipinski definition) is 1. The van der Waals surface area contributed by atoms with E-state index in [1.54, 1.807) is 11.9 Å². The van der Waals surface area contributed by atoms with E-state index in [0.717, 1.165) is 19.3 Å². The lowest BCUT2D eigenvalue weighted by Gasteiger charge is -2.40. The first-order valence-electron chi connectivity index (χ1n) is 7.75. The van der Waals surface area contributed by atoms with E-state index in [1.165, 1.54) is 12.1 Å². The predicted octanol–water partition coefficient (Wildman–Crippen LogP) is 1.42. The highest BCUT2D eigenvalue weighted by molar-refractivity contribution is 5.94. The molecule has 7 nitrogen and oxygen atoms in total. The van der Waals surface area contributed by atoms with Gasteiger partial charge in [0.2, 0.25) is 5.91 Å². The number of hydrogen-bond acceptors (Lipinski definition) is 5. The summed E-state index contributed by atoms with van der Waals surface area (Å²) in [6, 6.07) is 0. The highest BCUT2D eigenvalue weighted by Gasteiger charge is 2.47. The molecule has 0 radical (unpaired) electrons. The summed E-state index contributed by atoms with van der Waals surface area (Å²) in [7, 11) is 1.23. The van der Waals surface area contributed by atoms with Gasteiger partial charge in [-0.3, -0.25) is 19.4 Å². The van der Waals surface area contributed by atoms with E-state index >= 15 is 0 Å². The van der Waals surface area contributed by atoms with E-state index in [-0.39, 0.29) is 6.42 Å². The second-order valence-electron chi connectivity index (χ2n) is 5.78. The van der Waals surface area contributed by atoms with Crippen molar-refractivity contribution in [1.29, 1.82) is 0 Å². The van der Waals surface area contributed by atoms with Crippen molar-refractivity contribution in [2.45, 2.75) is 57.9 Å². The van der Waals surface area contributed by atoms with Crippen molar-refractivity contribution < 1.29 is 24.2 Å². The fourth-order valence-corrected chi connectivity index (χ4v) is 2.73. The van der Waals surface area contributed by atoms with Gasteiger partial charge in [-0.25, -0.2) is 5.01 Å². The van der Waals surface area contributed by atoms with E-state index in [2.05, 4.69) is 11.7 Å². The molecule has 1 unspecified atom stereocenters. The van der Waals surface area contributed by atoms with Gasteiger partial charge in [0.05, 0.1) is 7.11 Å². The Kier molecular flexibility index (Phi) is 6.80. The molecule has 1 fully saturated rings. The van der Waals surface area contributed by atoms with Gasteiger partial charge in [-0.15, -0.1) is 0 Å². The van der Waals surface area contributed by atoms with Gasteiger partial charge in [0, 0.05) is 13.1 Å². The highest BCUT2D eigenvalue weighted by atomic mass is 16.5. The zero-order chi connectivity index (χ0) is 16.8. The molecule has 1 aliphatic rings. The molecule has 1 amide bonds. The molecule has 1 saturated heterocycles. The molecule has 22 heavy (non-hydrogen) atoms. The Labute approximate surface area is 131 Å². The average molecular weight is 314 g/mol. The van der Waals surface area contributed by atoms with Crippen molar-refractivity contribution in [3.63, 3.8) is 0 Å². The quantitative estimate of drug-likeness (QED) is 0.414. The van der Waals surface area contributed by atoms with Gasteiger partial charge < -0.3 is 9.84 Å². The van der Waals surface area contributed by atoms with Gasteiger partial charge in [-0.05, 0) is 26.2 Å². The maximum Gasteiger partial charge on any atom is 0.325 e. The summed E-state index contributed by atoms with van der Waals surface area (Å²) < 4.78 is 4.54. The first-order valence-corrected chi connectivity index (χ1v) is 7.75. The van der Waals surface area contributed by atoms with Gasteiger partial charge in [-0.1, -0.05) is 19.8 Å². The van der Waals surface area contributed by atoms with E-state index in [0.29, 0.717) is 25.9 Å². The Bertz CT molecular complexity index is 426. The molecule has 1 atom stereocenters. The molecule has 1 N–H and O–H groups in total. The molecule has 1 rings (SSSR count). The summed E-state index contributed by atoms with van der Waals surface area (Å²) in [6.45, 7) is 4.60. The Hall–Kier alpha value is -1.63.